The van der Waals surface area contributed by atoms with Gasteiger partial charge in [-0.1, -0.05) is 30.0 Å². The van der Waals surface area contributed by atoms with E-state index in [0.29, 0.717) is 5.57 Å². The lowest BCUT2D eigenvalue weighted by Crippen LogP contribution is -1.85. The second kappa shape index (κ2) is 4.83. The van der Waals surface area contributed by atoms with Gasteiger partial charge in [0.15, 0.2) is 0 Å². The maximum atomic E-state index is 10.1. The van der Waals surface area contributed by atoms with Gasteiger partial charge in [-0.05, 0) is 19.1 Å². The third-order valence-corrected chi connectivity index (χ3v) is 1.48. The lowest BCUT2D eigenvalue weighted by Gasteiger charge is -1.86. The van der Waals surface area contributed by atoms with E-state index in [0.717, 1.165) is 11.8 Å². The molecule has 0 spiro atoms. The van der Waals surface area contributed by atoms with Gasteiger partial charge in [-0.15, -0.1) is 0 Å². The molecule has 0 bridgehead atoms. The van der Waals surface area contributed by atoms with Crippen LogP contribution in [0, 0.1) is 22.0 Å². The summed E-state index contributed by atoms with van der Waals surface area (Å²) in [7, 11) is 0. The lowest BCUT2D eigenvalue weighted by atomic mass is 10.2. The van der Waals surface area contributed by atoms with Crippen LogP contribution >= 0.6 is 0 Å². The Bertz CT molecular complexity index is 410. The molecule has 1 aromatic carbocycles. The predicted octanol–water partition coefficient (Wildman–Crippen LogP) is 2.22. The monoisotopic (exact) mass is 187 g/mol. The zero-order chi connectivity index (χ0) is 10.4. The molecule has 0 aliphatic carbocycles. The van der Waals surface area contributed by atoms with Gasteiger partial charge < -0.3 is 0 Å². The molecule has 0 saturated heterocycles. The lowest BCUT2D eigenvalue weighted by molar-refractivity contribution is -0.403. The molecule has 0 amide bonds. The highest BCUT2D eigenvalue weighted by Gasteiger charge is 1.90. The highest BCUT2D eigenvalue weighted by molar-refractivity contribution is 5.39. The molecule has 3 nitrogen and oxygen atoms in total. The summed E-state index contributed by atoms with van der Waals surface area (Å²) in [6, 6.07) is 9.34. The van der Waals surface area contributed by atoms with Crippen molar-refractivity contribution in [3.05, 3.63) is 57.8 Å². The van der Waals surface area contributed by atoms with Crippen LogP contribution in [0.3, 0.4) is 0 Å². The molecule has 0 radical (unpaired) electrons. The Balaban J connectivity index is 2.79. The average Bonchev–Trinajstić information content (AvgIpc) is 2.15. The molecule has 0 unspecified atom stereocenters. The Morgan fingerprint density at radius 3 is 2.64 bits per heavy atom. The maximum absolute atomic E-state index is 10.1. The van der Waals surface area contributed by atoms with E-state index >= 15 is 0 Å². The van der Waals surface area contributed by atoms with Crippen molar-refractivity contribution in [1.29, 1.82) is 0 Å². The number of nitro groups is 1. The Kier molecular flexibility index (Phi) is 3.45. The number of hydrogen-bond donors (Lipinski definition) is 0. The van der Waals surface area contributed by atoms with Gasteiger partial charge in [0.2, 0.25) is 6.20 Å². The van der Waals surface area contributed by atoms with E-state index in [9.17, 15) is 10.1 Å². The second-order valence-corrected chi connectivity index (χ2v) is 2.71. The van der Waals surface area contributed by atoms with Crippen molar-refractivity contribution in [2.24, 2.45) is 0 Å². The van der Waals surface area contributed by atoms with Crippen LogP contribution in [-0.2, 0) is 0 Å². The first-order chi connectivity index (χ1) is 6.68. The van der Waals surface area contributed by atoms with E-state index in [1.165, 1.54) is 0 Å². The van der Waals surface area contributed by atoms with Gasteiger partial charge >= 0.3 is 0 Å². The molecule has 0 aliphatic rings. The van der Waals surface area contributed by atoms with Crippen LogP contribution in [0.4, 0.5) is 0 Å². The predicted molar refractivity (Wildman–Crippen MR) is 54.1 cm³/mol. The highest BCUT2D eigenvalue weighted by atomic mass is 16.6. The van der Waals surface area contributed by atoms with Gasteiger partial charge in [0.25, 0.3) is 0 Å². The molecular formula is C11H9NO2. The SMILES string of the molecule is C/C(C#Cc1ccccc1)=C\[N+](=O)[O-]. The number of benzene rings is 1. The first kappa shape index (κ1) is 10.0. The summed E-state index contributed by atoms with van der Waals surface area (Å²) in [6.07, 6.45) is 0.899. The number of hydrogen-bond acceptors (Lipinski definition) is 2. The molecule has 3 heteroatoms. The third-order valence-electron chi connectivity index (χ3n) is 1.48. The molecular weight excluding hydrogens is 178 g/mol. The molecule has 14 heavy (non-hydrogen) atoms. The van der Waals surface area contributed by atoms with Gasteiger partial charge in [-0.3, -0.25) is 10.1 Å². The van der Waals surface area contributed by atoms with Gasteiger partial charge in [-0.25, -0.2) is 0 Å². The summed E-state index contributed by atoms with van der Waals surface area (Å²) < 4.78 is 0. The largest absolute Gasteiger partial charge is 0.259 e. The molecule has 0 aliphatic heterocycles. The fourth-order valence-corrected chi connectivity index (χ4v) is 0.883. The van der Waals surface area contributed by atoms with Crippen molar-refractivity contribution in [3.8, 4) is 11.8 Å². The van der Waals surface area contributed by atoms with Crippen molar-refractivity contribution in [1.82, 2.24) is 0 Å². The van der Waals surface area contributed by atoms with Crippen LogP contribution in [0.15, 0.2) is 42.1 Å². The van der Waals surface area contributed by atoms with Gasteiger partial charge in [0.1, 0.15) is 0 Å². The summed E-state index contributed by atoms with van der Waals surface area (Å²) in [5, 5.41) is 10.1. The quantitative estimate of drug-likeness (QED) is 0.384. The third kappa shape index (κ3) is 3.55. The Morgan fingerprint density at radius 1 is 1.43 bits per heavy atom. The minimum Gasteiger partial charge on any atom is -0.259 e. The fourth-order valence-electron chi connectivity index (χ4n) is 0.883. The van der Waals surface area contributed by atoms with E-state index in [4.69, 9.17) is 0 Å². The molecule has 0 atom stereocenters. The molecule has 70 valence electrons. The first-order valence-electron chi connectivity index (χ1n) is 4.07. The van der Waals surface area contributed by atoms with Crippen LogP contribution in [0.1, 0.15) is 12.5 Å². The highest BCUT2D eigenvalue weighted by Crippen LogP contribution is 1.96. The molecule has 0 heterocycles. The summed E-state index contributed by atoms with van der Waals surface area (Å²) in [6.45, 7) is 1.61. The molecule has 0 saturated carbocycles. The minimum absolute atomic E-state index is 0.443. The standard InChI is InChI=1S/C11H9NO2/c1-10(9-12(13)14)7-8-11-5-3-2-4-6-11/h2-6,9H,1H3/b10-9+. The maximum Gasteiger partial charge on any atom is 0.245 e. The van der Waals surface area contributed by atoms with Crippen LogP contribution in [0.25, 0.3) is 0 Å². The van der Waals surface area contributed by atoms with E-state index < -0.39 is 4.92 Å². The topological polar surface area (TPSA) is 43.1 Å². The fraction of sp³-hybridized carbons (Fsp3) is 0.0909. The van der Waals surface area contributed by atoms with Crippen molar-refractivity contribution in [2.75, 3.05) is 0 Å². The van der Waals surface area contributed by atoms with Crippen molar-refractivity contribution >= 4 is 0 Å². The van der Waals surface area contributed by atoms with Crippen molar-refractivity contribution in [3.63, 3.8) is 0 Å². The Morgan fingerprint density at radius 2 is 2.07 bits per heavy atom. The van der Waals surface area contributed by atoms with Gasteiger partial charge in [0, 0.05) is 5.56 Å². The Labute approximate surface area is 82.2 Å². The smallest absolute Gasteiger partial charge is 0.245 e. The van der Waals surface area contributed by atoms with E-state index in [2.05, 4.69) is 11.8 Å². The summed E-state index contributed by atoms with van der Waals surface area (Å²) >= 11 is 0. The van der Waals surface area contributed by atoms with Crippen LogP contribution in [-0.4, -0.2) is 4.92 Å². The minimum atomic E-state index is -0.505. The number of allylic oxidation sites excluding steroid dienone is 1. The van der Waals surface area contributed by atoms with E-state index in [1.54, 1.807) is 6.92 Å². The van der Waals surface area contributed by atoms with E-state index in [1.807, 2.05) is 30.3 Å². The molecule has 1 aromatic rings. The zero-order valence-corrected chi connectivity index (χ0v) is 7.73. The zero-order valence-electron chi connectivity index (χ0n) is 7.73. The van der Waals surface area contributed by atoms with Crippen LogP contribution in [0.2, 0.25) is 0 Å². The molecule has 0 N–H and O–H groups in total. The summed E-state index contributed by atoms with van der Waals surface area (Å²) in [4.78, 5) is 9.58. The summed E-state index contributed by atoms with van der Waals surface area (Å²) in [5.74, 6) is 5.53. The average molecular weight is 187 g/mol. The number of rotatable bonds is 1. The van der Waals surface area contributed by atoms with Crippen molar-refractivity contribution in [2.45, 2.75) is 6.92 Å². The molecule has 0 aromatic heterocycles. The first-order valence-corrected chi connectivity index (χ1v) is 4.07. The number of nitrogens with zero attached hydrogens (tertiary/aromatic N) is 1. The van der Waals surface area contributed by atoms with Crippen molar-refractivity contribution < 1.29 is 4.92 Å². The van der Waals surface area contributed by atoms with Crippen LogP contribution < -0.4 is 0 Å². The Hall–Kier alpha value is -2.08. The molecule has 0 fully saturated rings. The van der Waals surface area contributed by atoms with Gasteiger partial charge in [0.05, 0.1) is 10.5 Å². The summed E-state index contributed by atoms with van der Waals surface area (Å²) in [5.41, 5.74) is 1.29. The van der Waals surface area contributed by atoms with Gasteiger partial charge in [-0.2, -0.15) is 0 Å². The van der Waals surface area contributed by atoms with E-state index in [-0.39, 0.29) is 0 Å². The molecule has 1 rings (SSSR count). The van der Waals surface area contributed by atoms with Crippen LogP contribution in [0.5, 0.6) is 0 Å². The second-order valence-electron chi connectivity index (χ2n) is 2.71. The normalized spacial score (nSPS) is 10.2.